The average molecular weight is 408 g/mol. The van der Waals surface area contributed by atoms with Gasteiger partial charge in [-0.3, -0.25) is 0 Å². The number of carbonyl (C=O) groups is 1. The molecule has 1 fully saturated rings. The van der Waals surface area contributed by atoms with E-state index in [0.29, 0.717) is 24.6 Å². The van der Waals surface area contributed by atoms with Crippen molar-refractivity contribution in [2.24, 2.45) is 13.0 Å². The smallest absolute Gasteiger partial charge is 0.340 e. The Hall–Kier alpha value is -1.90. The monoisotopic (exact) mass is 407 g/mol. The zero-order valence-corrected chi connectivity index (χ0v) is 17.4. The maximum absolute atomic E-state index is 12.5. The molecule has 0 unspecified atom stereocenters. The van der Waals surface area contributed by atoms with Crippen LogP contribution in [0.3, 0.4) is 0 Å². The average Bonchev–Trinajstić information content (AvgIpc) is 2.99. The molecule has 1 N–H and O–H groups in total. The summed E-state index contributed by atoms with van der Waals surface area (Å²) in [6, 6.07) is 7.82. The maximum atomic E-state index is 12.5. The molecule has 0 spiro atoms. The van der Waals surface area contributed by atoms with Gasteiger partial charge in [-0.1, -0.05) is 18.2 Å². The minimum Gasteiger partial charge on any atom is -0.462 e. The van der Waals surface area contributed by atoms with Crippen LogP contribution in [0.4, 0.5) is 0 Å². The van der Waals surface area contributed by atoms with E-state index in [1.165, 1.54) is 6.26 Å². The number of fused-ring (bicyclic) bond motifs is 1. The molecule has 0 aliphatic carbocycles. The number of benzene rings is 1. The van der Waals surface area contributed by atoms with E-state index in [0.717, 1.165) is 49.8 Å². The lowest BCUT2D eigenvalue weighted by Gasteiger charge is -2.31. The Balaban J connectivity index is 1.39. The summed E-state index contributed by atoms with van der Waals surface area (Å²) in [6.45, 7) is 3.52. The topological polar surface area (TPSA) is 80.6 Å². The number of piperidine rings is 1. The van der Waals surface area contributed by atoms with Crippen molar-refractivity contribution in [2.75, 3.05) is 39.0 Å². The van der Waals surface area contributed by atoms with Gasteiger partial charge in [0.25, 0.3) is 0 Å². The first-order valence-electron chi connectivity index (χ1n) is 9.71. The number of para-hydroxylation sites is 1. The van der Waals surface area contributed by atoms with Crippen molar-refractivity contribution in [3.05, 3.63) is 36.0 Å². The third-order valence-electron chi connectivity index (χ3n) is 5.38. The fourth-order valence-corrected chi connectivity index (χ4v) is 4.25. The number of hydrogen-bond donors (Lipinski definition) is 1. The molecule has 7 nitrogen and oxygen atoms in total. The zero-order valence-electron chi connectivity index (χ0n) is 16.6. The highest BCUT2D eigenvalue weighted by atomic mass is 32.2. The molecule has 2 heterocycles. The molecule has 1 aromatic carbocycles. The lowest BCUT2D eigenvalue weighted by molar-refractivity contribution is 0.0466. The first kappa shape index (κ1) is 20.8. The molecule has 0 atom stereocenters. The fraction of sp³-hybridized carbons (Fsp3) is 0.550. The number of likely N-dealkylation sites (tertiary alicyclic amines) is 1. The lowest BCUT2D eigenvalue weighted by Crippen LogP contribution is -2.39. The van der Waals surface area contributed by atoms with Crippen LogP contribution in [0.25, 0.3) is 10.9 Å². The fourth-order valence-electron chi connectivity index (χ4n) is 3.79. The summed E-state index contributed by atoms with van der Waals surface area (Å²) >= 11 is 0. The van der Waals surface area contributed by atoms with E-state index in [2.05, 4.69) is 9.62 Å². The Morgan fingerprint density at radius 1 is 1.25 bits per heavy atom. The van der Waals surface area contributed by atoms with Gasteiger partial charge in [0.1, 0.15) is 0 Å². The van der Waals surface area contributed by atoms with Crippen LogP contribution in [0.15, 0.2) is 30.5 Å². The van der Waals surface area contributed by atoms with Gasteiger partial charge >= 0.3 is 5.97 Å². The highest BCUT2D eigenvalue weighted by molar-refractivity contribution is 7.88. The molecular weight excluding hydrogens is 378 g/mol. The molecule has 0 amide bonds. The van der Waals surface area contributed by atoms with E-state index in [4.69, 9.17) is 4.74 Å². The quantitative estimate of drug-likeness (QED) is 0.677. The minimum absolute atomic E-state index is 0.263. The van der Waals surface area contributed by atoms with Crippen LogP contribution in [-0.2, 0) is 21.8 Å². The van der Waals surface area contributed by atoms with Crippen molar-refractivity contribution < 1.29 is 17.9 Å². The van der Waals surface area contributed by atoms with E-state index in [1.54, 1.807) is 0 Å². The summed E-state index contributed by atoms with van der Waals surface area (Å²) in [5.74, 6) is 0.278. The number of aromatic nitrogens is 1. The predicted molar refractivity (Wildman–Crippen MR) is 110 cm³/mol. The molecule has 1 aromatic heterocycles. The molecule has 0 saturated carbocycles. The van der Waals surface area contributed by atoms with Crippen LogP contribution >= 0.6 is 0 Å². The Morgan fingerprint density at radius 2 is 1.96 bits per heavy atom. The van der Waals surface area contributed by atoms with Crippen LogP contribution < -0.4 is 4.72 Å². The number of aryl methyl sites for hydroxylation is 1. The minimum atomic E-state index is -3.12. The molecule has 2 aromatic rings. The summed E-state index contributed by atoms with van der Waals surface area (Å²) in [5, 5.41) is 0.922. The van der Waals surface area contributed by atoms with Gasteiger partial charge < -0.3 is 14.2 Å². The molecule has 0 bridgehead atoms. The Morgan fingerprint density at radius 3 is 2.68 bits per heavy atom. The number of carbonyl (C=O) groups excluding carboxylic acids is 1. The molecule has 1 aliphatic heterocycles. The number of ether oxygens (including phenoxy) is 1. The van der Waals surface area contributed by atoms with Gasteiger partial charge in [-0.25, -0.2) is 17.9 Å². The summed E-state index contributed by atoms with van der Waals surface area (Å²) in [5.41, 5.74) is 1.64. The Kier molecular flexibility index (Phi) is 6.74. The second-order valence-electron chi connectivity index (χ2n) is 7.55. The van der Waals surface area contributed by atoms with E-state index in [9.17, 15) is 13.2 Å². The second kappa shape index (κ2) is 9.07. The van der Waals surface area contributed by atoms with Crippen LogP contribution in [0.2, 0.25) is 0 Å². The van der Waals surface area contributed by atoms with E-state index >= 15 is 0 Å². The number of hydrogen-bond acceptors (Lipinski definition) is 5. The first-order valence-corrected chi connectivity index (χ1v) is 11.6. The number of sulfonamides is 1. The van der Waals surface area contributed by atoms with Gasteiger partial charge in [0.2, 0.25) is 10.0 Å². The molecular formula is C20H29N3O4S. The highest BCUT2D eigenvalue weighted by Crippen LogP contribution is 2.23. The van der Waals surface area contributed by atoms with Gasteiger partial charge in [-0.05, 0) is 44.3 Å². The van der Waals surface area contributed by atoms with Crippen LogP contribution in [-0.4, -0.2) is 62.9 Å². The molecule has 1 aliphatic rings. The third kappa shape index (κ3) is 5.56. The molecule has 8 heteroatoms. The standard InChI is InChI=1S/C20H29N3O4S/c1-22-15-18(17-5-3-4-6-19(17)22)20(24)27-14-9-16-7-11-23(12-8-16)13-10-21-28(2,25)26/h3-6,15-16,21H,7-14H2,1-2H3. The van der Waals surface area contributed by atoms with Crippen molar-refractivity contribution in [2.45, 2.75) is 19.3 Å². The van der Waals surface area contributed by atoms with Gasteiger partial charge in [0.05, 0.1) is 18.4 Å². The van der Waals surface area contributed by atoms with Crippen molar-refractivity contribution in [1.82, 2.24) is 14.2 Å². The van der Waals surface area contributed by atoms with Crippen molar-refractivity contribution >= 4 is 26.9 Å². The van der Waals surface area contributed by atoms with E-state index in [-0.39, 0.29) is 5.97 Å². The first-order chi connectivity index (χ1) is 13.3. The van der Waals surface area contributed by atoms with Crippen LogP contribution in [0.5, 0.6) is 0 Å². The number of nitrogens with zero attached hydrogens (tertiary/aromatic N) is 2. The van der Waals surface area contributed by atoms with E-state index < -0.39 is 10.0 Å². The van der Waals surface area contributed by atoms with Gasteiger partial charge in [0, 0.05) is 37.2 Å². The maximum Gasteiger partial charge on any atom is 0.340 e. The summed E-state index contributed by atoms with van der Waals surface area (Å²) < 4.78 is 32.2. The highest BCUT2D eigenvalue weighted by Gasteiger charge is 2.20. The molecule has 154 valence electrons. The molecule has 28 heavy (non-hydrogen) atoms. The molecule has 1 saturated heterocycles. The molecule has 0 radical (unpaired) electrons. The SMILES string of the molecule is Cn1cc(C(=O)OCCC2CCN(CCNS(C)(=O)=O)CC2)c2ccccc21. The van der Waals surface area contributed by atoms with Crippen molar-refractivity contribution in [3.8, 4) is 0 Å². The third-order valence-corrected chi connectivity index (χ3v) is 6.10. The van der Waals surface area contributed by atoms with Gasteiger partial charge in [-0.2, -0.15) is 0 Å². The Labute approximate surface area is 166 Å². The van der Waals surface area contributed by atoms with Gasteiger partial charge in [0.15, 0.2) is 0 Å². The van der Waals surface area contributed by atoms with Crippen LogP contribution in [0, 0.1) is 5.92 Å². The van der Waals surface area contributed by atoms with E-state index in [1.807, 2.05) is 42.1 Å². The van der Waals surface area contributed by atoms with Crippen molar-refractivity contribution in [1.29, 1.82) is 0 Å². The van der Waals surface area contributed by atoms with Crippen LogP contribution in [0.1, 0.15) is 29.6 Å². The summed E-state index contributed by atoms with van der Waals surface area (Å²) in [4.78, 5) is 14.7. The zero-order chi connectivity index (χ0) is 20.1. The number of nitrogens with one attached hydrogen (secondary N) is 1. The van der Waals surface area contributed by atoms with Crippen molar-refractivity contribution in [3.63, 3.8) is 0 Å². The van der Waals surface area contributed by atoms with Gasteiger partial charge in [-0.15, -0.1) is 0 Å². The molecule has 3 rings (SSSR count). The second-order valence-corrected chi connectivity index (χ2v) is 9.38. The number of rotatable bonds is 8. The normalized spacial score (nSPS) is 16.5. The summed E-state index contributed by atoms with van der Waals surface area (Å²) in [6.07, 6.45) is 5.97. The predicted octanol–water partition coefficient (Wildman–Crippen LogP) is 1.99. The summed E-state index contributed by atoms with van der Waals surface area (Å²) in [7, 11) is -1.19. The largest absolute Gasteiger partial charge is 0.462 e. The number of esters is 1. The lowest BCUT2D eigenvalue weighted by atomic mass is 9.94. The Bertz CT molecular complexity index is 915.